The Balaban J connectivity index is 1.62. The first-order valence-corrected chi connectivity index (χ1v) is 15.3. The van der Waals surface area contributed by atoms with Crippen LogP contribution in [0.5, 0.6) is 5.75 Å². The molecule has 1 aliphatic carbocycles. The van der Waals surface area contributed by atoms with Crippen LogP contribution in [0.3, 0.4) is 0 Å². The maximum atomic E-state index is 13.2. The standard InChI is InChI=1S/C26H37ClN6O4S/c1-6-33-21-12-11-20(22(37-4)16(21)13-14-26(2,3)24(33)34)30-25-28-15-17(27)23(31-25)29-18-9-7-8-10-19(18)32-38(5,35)36/h11-12,15,18-19,32H,6-10,13-14H2,1-5H3,(H2,28,29,30,31)/t18-,19-/m1/s1. The van der Waals surface area contributed by atoms with E-state index in [1.807, 2.05) is 37.8 Å². The van der Waals surface area contributed by atoms with E-state index in [0.29, 0.717) is 47.6 Å². The average molecular weight is 565 g/mol. The molecule has 208 valence electrons. The molecule has 0 radical (unpaired) electrons. The van der Waals surface area contributed by atoms with Gasteiger partial charge in [-0.25, -0.2) is 18.1 Å². The smallest absolute Gasteiger partial charge is 0.232 e. The third-order valence-corrected chi connectivity index (χ3v) is 8.32. The van der Waals surface area contributed by atoms with Crippen molar-refractivity contribution in [3.05, 3.63) is 28.9 Å². The summed E-state index contributed by atoms with van der Waals surface area (Å²) in [5.74, 6) is 1.49. The van der Waals surface area contributed by atoms with Crippen molar-refractivity contribution >= 4 is 50.7 Å². The van der Waals surface area contributed by atoms with Crippen LogP contribution in [0.1, 0.15) is 58.4 Å². The van der Waals surface area contributed by atoms with E-state index in [2.05, 4.69) is 25.3 Å². The van der Waals surface area contributed by atoms with Crippen molar-refractivity contribution in [3.63, 3.8) is 0 Å². The van der Waals surface area contributed by atoms with E-state index in [0.717, 1.165) is 36.9 Å². The molecule has 1 saturated carbocycles. The van der Waals surface area contributed by atoms with E-state index in [9.17, 15) is 13.2 Å². The third kappa shape index (κ3) is 6.16. The fourth-order valence-electron chi connectivity index (χ4n) is 5.32. The van der Waals surface area contributed by atoms with Crippen molar-refractivity contribution in [2.75, 3.05) is 35.4 Å². The first-order valence-electron chi connectivity index (χ1n) is 13.0. The number of amides is 1. The van der Waals surface area contributed by atoms with E-state index >= 15 is 0 Å². The Morgan fingerprint density at radius 3 is 2.58 bits per heavy atom. The summed E-state index contributed by atoms with van der Waals surface area (Å²) in [6.07, 6.45) is 7.52. The van der Waals surface area contributed by atoms with Crippen molar-refractivity contribution in [1.82, 2.24) is 14.7 Å². The van der Waals surface area contributed by atoms with Gasteiger partial charge in [-0.15, -0.1) is 0 Å². The van der Waals surface area contributed by atoms with E-state index < -0.39 is 15.4 Å². The lowest BCUT2D eigenvalue weighted by atomic mass is 9.86. The molecule has 1 fully saturated rings. The Morgan fingerprint density at radius 2 is 1.92 bits per heavy atom. The molecule has 3 N–H and O–H groups in total. The molecule has 12 heteroatoms. The Morgan fingerprint density at radius 1 is 1.21 bits per heavy atom. The van der Waals surface area contributed by atoms with E-state index in [1.165, 1.54) is 12.5 Å². The van der Waals surface area contributed by atoms with Crippen LogP contribution in [-0.2, 0) is 21.2 Å². The molecule has 4 rings (SSSR count). The zero-order valence-corrected chi connectivity index (χ0v) is 24.2. The van der Waals surface area contributed by atoms with Crippen molar-refractivity contribution in [2.45, 2.75) is 71.4 Å². The van der Waals surface area contributed by atoms with Crippen molar-refractivity contribution < 1.29 is 17.9 Å². The Labute approximate surface area is 230 Å². The largest absolute Gasteiger partial charge is 0.494 e. The molecule has 0 bridgehead atoms. The summed E-state index contributed by atoms with van der Waals surface area (Å²) >= 11 is 6.43. The first kappa shape index (κ1) is 28.4. The van der Waals surface area contributed by atoms with Gasteiger partial charge in [-0.3, -0.25) is 4.79 Å². The van der Waals surface area contributed by atoms with Gasteiger partial charge in [0.25, 0.3) is 0 Å². The summed E-state index contributed by atoms with van der Waals surface area (Å²) < 4.78 is 32.3. The summed E-state index contributed by atoms with van der Waals surface area (Å²) in [6.45, 7) is 6.50. The van der Waals surface area contributed by atoms with Crippen LogP contribution in [0.4, 0.5) is 23.1 Å². The van der Waals surface area contributed by atoms with Gasteiger partial charge in [-0.2, -0.15) is 4.98 Å². The Kier molecular flexibility index (Phi) is 8.39. The quantitative estimate of drug-likeness (QED) is 0.428. The lowest BCUT2D eigenvalue weighted by Gasteiger charge is -2.32. The number of rotatable bonds is 8. The molecule has 0 saturated heterocycles. The zero-order valence-electron chi connectivity index (χ0n) is 22.6. The predicted molar refractivity (Wildman–Crippen MR) is 151 cm³/mol. The number of carbonyl (C=O) groups is 1. The highest BCUT2D eigenvalue weighted by Crippen LogP contribution is 2.43. The molecule has 1 aromatic carbocycles. The van der Waals surface area contributed by atoms with Gasteiger partial charge in [0, 0.05) is 29.6 Å². The summed E-state index contributed by atoms with van der Waals surface area (Å²) in [7, 11) is -1.74. The normalized spacial score (nSPS) is 21.4. The lowest BCUT2D eigenvalue weighted by molar-refractivity contribution is -0.126. The topological polar surface area (TPSA) is 126 Å². The molecule has 0 spiro atoms. The zero-order chi connectivity index (χ0) is 27.7. The molecule has 2 atom stereocenters. The summed E-state index contributed by atoms with van der Waals surface area (Å²) in [4.78, 5) is 23.9. The van der Waals surface area contributed by atoms with Crippen LogP contribution in [0, 0.1) is 5.41 Å². The van der Waals surface area contributed by atoms with Gasteiger partial charge in [0.2, 0.25) is 21.9 Å². The maximum absolute atomic E-state index is 13.2. The lowest BCUT2D eigenvalue weighted by Crippen LogP contribution is -2.48. The number of fused-ring (bicyclic) bond motifs is 1. The van der Waals surface area contributed by atoms with Crippen LogP contribution in [0.2, 0.25) is 5.02 Å². The van der Waals surface area contributed by atoms with Gasteiger partial charge in [0.1, 0.15) is 10.8 Å². The van der Waals surface area contributed by atoms with Crippen LogP contribution in [0.25, 0.3) is 0 Å². The van der Waals surface area contributed by atoms with Crippen LogP contribution < -0.4 is 25.0 Å². The van der Waals surface area contributed by atoms with E-state index in [-0.39, 0.29) is 18.0 Å². The number of carbonyl (C=O) groups excluding carboxylic acids is 1. The molecule has 2 heterocycles. The number of halogens is 1. The molecular formula is C26H37ClN6O4S. The van der Waals surface area contributed by atoms with Crippen molar-refractivity contribution in [2.24, 2.45) is 5.41 Å². The summed E-state index contributed by atoms with van der Waals surface area (Å²) in [5, 5.41) is 6.93. The summed E-state index contributed by atoms with van der Waals surface area (Å²) in [6, 6.07) is 3.40. The minimum Gasteiger partial charge on any atom is -0.494 e. The number of methoxy groups -OCH3 is 1. The minimum atomic E-state index is -3.35. The van der Waals surface area contributed by atoms with Crippen molar-refractivity contribution in [1.29, 1.82) is 0 Å². The average Bonchev–Trinajstić information content (AvgIpc) is 2.95. The molecule has 38 heavy (non-hydrogen) atoms. The second-order valence-electron chi connectivity index (χ2n) is 10.6. The highest BCUT2D eigenvalue weighted by molar-refractivity contribution is 7.88. The van der Waals surface area contributed by atoms with Gasteiger partial charge in [0.15, 0.2) is 5.82 Å². The van der Waals surface area contributed by atoms with Gasteiger partial charge in [-0.05, 0) is 44.7 Å². The van der Waals surface area contributed by atoms with Crippen molar-refractivity contribution in [3.8, 4) is 5.75 Å². The number of sulfonamides is 1. The Bertz CT molecular complexity index is 1300. The molecular weight excluding hydrogens is 528 g/mol. The predicted octanol–water partition coefficient (Wildman–Crippen LogP) is 4.48. The number of anilines is 4. The number of nitrogens with zero attached hydrogens (tertiary/aromatic N) is 3. The second-order valence-corrected chi connectivity index (χ2v) is 12.8. The fraction of sp³-hybridized carbons (Fsp3) is 0.577. The Hall–Kier alpha value is -2.63. The molecule has 0 unspecified atom stereocenters. The monoisotopic (exact) mass is 564 g/mol. The number of nitrogens with one attached hydrogen (secondary N) is 3. The molecule has 1 amide bonds. The third-order valence-electron chi connectivity index (χ3n) is 7.32. The highest BCUT2D eigenvalue weighted by Gasteiger charge is 2.37. The number of benzene rings is 1. The van der Waals surface area contributed by atoms with Crippen LogP contribution in [-0.4, -0.2) is 56.3 Å². The fourth-order valence-corrected chi connectivity index (χ4v) is 6.30. The number of hydrogen-bond acceptors (Lipinski definition) is 8. The van der Waals surface area contributed by atoms with Crippen LogP contribution >= 0.6 is 11.6 Å². The maximum Gasteiger partial charge on any atom is 0.232 e. The molecule has 10 nitrogen and oxygen atoms in total. The molecule has 1 aromatic heterocycles. The first-order chi connectivity index (χ1) is 17.9. The molecule has 1 aliphatic heterocycles. The van der Waals surface area contributed by atoms with E-state index in [1.54, 1.807) is 7.11 Å². The number of aromatic nitrogens is 2. The second kappa shape index (κ2) is 11.2. The minimum absolute atomic E-state index is 0.102. The summed E-state index contributed by atoms with van der Waals surface area (Å²) in [5.41, 5.74) is 2.02. The van der Waals surface area contributed by atoms with Gasteiger partial charge in [-0.1, -0.05) is 38.3 Å². The van der Waals surface area contributed by atoms with Gasteiger partial charge < -0.3 is 20.3 Å². The SMILES string of the molecule is CCN1C(=O)C(C)(C)CCc2c1ccc(Nc1ncc(Cl)c(N[C@@H]3CCCC[C@H]3NS(C)(=O)=O)n1)c2OC. The number of hydrogen-bond donors (Lipinski definition) is 3. The van der Waals surface area contributed by atoms with Gasteiger partial charge in [0.05, 0.1) is 30.9 Å². The number of ether oxygens (including phenoxy) is 1. The van der Waals surface area contributed by atoms with Crippen LogP contribution in [0.15, 0.2) is 18.3 Å². The van der Waals surface area contributed by atoms with Gasteiger partial charge >= 0.3 is 0 Å². The highest BCUT2D eigenvalue weighted by atomic mass is 35.5. The van der Waals surface area contributed by atoms with E-state index in [4.69, 9.17) is 16.3 Å². The molecule has 2 aliphatic rings. The molecule has 2 aromatic rings.